The minimum Gasteiger partial charge on any atom is -0.481 e. The SMILES string of the molecule is CC/C=C\C/C=C\C/C=C\C[C@H]1O[C@H]([C@@H](O)/C=C/[C@@H](O)CCC(=O)O)C[C@H]1O. The molecule has 6 nitrogen and oxygen atoms in total. The maximum Gasteiger partial charge on any atom is 0.303 e. The summed E-state index contributed by atoms with van der Waals surface area (Å²) in [6.45, 7) is 2.11. The van der Waals surface area contributed by atoms with Gasteiger partial charge in [0.25, 0.3) is 0 Å². The summed E-state index contributed by atoms with van der Waals surface area (Å²) in [6.07, 6.45) is 15.5. The Labute approximate surface area is 167 Å². The highest BCUT2D eigenvalue weighted by Crippen LogP contribution is 2.26. The topological polar surface area (TPSA) is 107 Å². The summed E-state index contributed by atoms with van der Waals surface area (Å²) in [5.74, 6) is -0.977. The van der Waals surface area contributed by atoms with Gasteiger partial charge in [-0.15, -0.1) is 0 Å². The van der Waals surface area contributed by atoms with Gasteiger partial charge in [0.05, 0.1) is 30.5 Å². The second-order valence-electron chi connectivity index (χ2n) is 6.92. The Morgan fingerprint density at radius 2 is 1.71 bits per heavy atom. The van der Waals surface area contributed by atoms with Gasteiger partial charge >= 0.3 is 5.97 Å². The van der Waals surface area contributed by atoms with Gasteiger partial charge in [0.2, 0.25) is 0 Å². The van der Waals surface area contributed by atoms with Crippen LogP contribution in [-0.4, -0.2) is 56.9 Å². The van der Waals surface area contributed by atoms with Crippen LogP contribution in [0, 0.1) is 0 Å². The number of aliphatic hydroxyl groups excluding tert-OH is 3. The lowest BCUT2D eigenvalue weighted by Gasteiger charge is -2.16. The smallest absolute Gasteiger partial charge is 0.303 e. The fraction of sp³-hybridized carbons (Fsp3) is 0.591. The summed E-state index contributed by atoms with van der Waals surface area (Å²) in [5.41, 5.74) is 0. The van der Waals surface area contributed by atoms with Gasteiger partial charge < -0.3 is 25.2 Å². The van der Waals surface area contributed by atoms with E-state index in [-0.39, 0.29) is 18.9 Å². The molecule has 1 fully saturated rings. The standard InChI is InChI=1S/C22H34O6/c1-2-3-4-5-6-7-8-9-10-11-20-19(25)16-21(28-20)18(24)14-12-17(23)13-15-22(26)27/h3-4,6-7,9-10,12,14,17-21,23-25H,2,5,8,11,13,15-16H2,1H3,(H,26,27)/b4-3-,7-6-,10-9-,14-12+/t17-,18+,19-,20-,21+/m1/s1. The molecule has 0 unspecified atom stereocenters. The van der Waals surface area contributed by atoms with E-state index in [4.69, 9.17) is 9.84 Å². The predicted molar refractivity (Wildman–Crippen MR) is 109 cm³/mol. The van der Waals surface area contributed by atoms with Gasteiger partial charge in [0.15, 0.2) is 0 Å². The van der Waals surface area contributed by atoms with Gasteiger partial charge in [-0.25, -0.2) is 0 Å². The average Bonchev–Trinajstić information content (AvgIpc) is 3.03. The van der Waals surface area contributed by atoms with Crippen LogP contribution in [0.1, 0.15) is 51.9 Å². The second kappa shape index (κ2) is 14.3. The fourth-order valence-corrected chi connectivity index (χ4v) is 2.87. The largest absolute Gasteiger partial charge is 0.481 e. The van der Waals surface area contributed by atoms with Crippen molar-refractivity contribution in [1.29, 1.82) is 0 Å². The Kier molecular flexibility index (Phi) is 12.4. The van der Waals surface area contributed by atoms with Gasteiger partial charge in [0.1, 0.15) is 0 Å². The van der Waals surface area contributed by atoms with E-state index < -0.39 is 30.4 Å². The average molecular weight is 395 g/mol. The normalized spacial score (nSPS) is 25.5. The molecule has 0 aliphatic carbocycles. The van der Waals surface area contributed by atoms with Crippen LogP contribution in [-0.2, 0) is 9.53 Å². The molecule has 0 bridgehead atoms. The minimum absolute atomic E-state index is 0.0868. The Hall–Kier alpha value is -1.73. The molecule has 1 heterocycles. The number of hydrogen-bond donors (Lipinski definition) is 4. The molecule has 158 valence electrons. The van der Waals surface area contributed by atoms with Crippen molar-refractivity contribution in [3.63, 3.8) is 0 Å². The number of carboxylic acid groups (broad SMARTS) is 1. The van der Waals surface area contributed by atoms with E-state index in [1.54, 1.807) is 0 Å². The zero-order chi connectivity index (χ0) is 20.8. The molecular weight excluding hydrogens is 360 g/mol. The molecule has 1 aliphatic rings. The zero-order valence-electron chi connectivity index (χ0n) is 16.6. The molecule has 0 aromatic carbocycles. The second-order valence-corrected chi connectivity index (χ2v) is 6.92. The third-order valence-electron chi connectivity index (χ3n) is 4.47. The molecule has 0 aromatic rings. The van der Waals surface area contributed by atoms with Crippen LogP contribution in [0.4, 0.5) is 0 Å². The van der Waals surface area contributed by atoms with Crippen LogP contribution in [0.3, 0.4) is 0 Å². The number of allylic oxidation sites excluding steroid dienone is 5. The maximum absolute atomic E-state index is 10.5. The molecule has 28 heavy (non-hydrogen) atoms. The Bertz CT molecular complexity index is 551. The Morgan fingerprint density at radius 1 is 1.07 bits per heavy atom. The molecule has 0 saturated carbocycles. The molecule has 0 aromatic heterocycles. The summed E-state index contributed by atoms with van der Waals surface area (Å²) in [7, 11) is 0. The molecule has 1 saturated heterocycles. The molecular formula is C22H34O6. The van der Waals surface area contributed by atoms with Gasteiger partial charge in [-0.05, 0) is 32.1 Å². The van der Waals surface area contributed by atoms with Crippen molar-refractivity contribution in [3.05, 3.63) is 48.6 Å². The van der Waals surface area contributed by atoms with E-state index in [9.17, 15) is 20.1 Å². The van der Waals surface area contributed by atoms with Crippen LogP contribution in [0.15, 0.2) is 48.6 Å². The van der Waals surface area contributed by atoms with Crippen LogP contribution < -0.4 is 0 Å². The lowest BCUT2D eigenvalue weighted by Crippen LogP contribution is -2.24. The third-order valence-corrected chi connectivity index (χ3v) is 4.47. The number of aliphatic hydroxyl groups is 3. The van der Waals surface area contributed by atoms with Gasteiger partial charge in [-0.3, -0.25) is 4.79 Å². The summed E-state index contributed by atoms with van der Waals surface area (Å²) in [4.78, 5) is 10.5. The highest BCUT2D eigenvalue weighted by atomic mass is 16.5. The zero-order valence-corrected chi connectivity index (χ0v) is 16.6. The molecule has 5 atom stereocenters. The number of carboxylic acids is 1. The number of carbonyl (C=O) groups is 1. The van der Waals surface area contributed by atoms with Gasteiger partial charge in [-0.2, -0.15) is 0 Å². The summed E-state index contributed by atoms with van der Waals surface area (Å²) in [5, 5.41) is 38.5. The third kappa shape index (κ3) is 10.6. The molecule has 6 heteroatoms. The monoisotopic (exact) mass is 394 g/mol. The van der Waals surface area contributed by atoms with Crippen LogP contribution in [0.25, 0.3) is 0 Å². The number of rotatable bonds is 13. The van der Waals surface area contributed by atoms with Crippen LogP contribution >= 0.6 is 0 Å². The lowest BCUT2D eigenvalue weighted by molar-refractivity contribution is -0.137. The Morgan fingerprint density at radius 3 is 2.36 bits per heavy atom. The molecule has 0 spiro atoms. The van der Waals surface area contributed by atoms with Gasteiger partial charge in [0, 0.05) is 12.8 Å². The highest BCUT2D eigenvalue weighted by Gasteiger charge is 2.36. The van der Waals surface area contributed by atoms with E-state index >= 15 is 0 Å². The first kappa shape index (κ1) is 24.3. The lowest BCUT2D eigenvalue weighted by atomic mass is 10.0. The summed E-state index contributed by atoms with van der Waals surface area (Å²) < 4.78 is 5.73. The van der Waals surface area contributed by atoms with Crippen LogP contribution in [0.2, 0.25) is 0 Å². The van der Waals surface area contributed by atoms with E-state index in [0.29, 0.717) is 12.8 Å². The predicted octanol–water partition coefficient (Wildman–Crippen LogP) is 2.90. The summed E-state index contributed by atoms with van der Waals surface area (Å²) >= 11 is 0. The number of aliphatic carboxylic acids is 1. The number of ether oxygens (including phenoxy) is 1. The van der Waals surface area contributed by atoms with Crippen molar-refractivity contribution in [2.75, 3.05) is 0 Å². The maximum atomic E-state index is 10.5. The van der Waals surface area contributed by atoms with E-state index in [2.05, 4.69) is 31.2 Å². The van der Waals surface area contributed by atoms with E-state index in [0.717, 1.165) is 19.3 Å². The summed E-state index contributed by atoms with van der Waals surface area (Å²) in [6, 6.07) is 0. The van der Waals surface area contributed by atoms with Crippen molar-refractivity contribution < 1.29 is 30.0 Å². The van der Waals surface area contributed by atoms with Crippen molar-refractivity contribution in [3.8, 4) is 0 Å². The molecule has 0 radical (unpaired) electrons. The van der Waals surface area contributed by atoms with Crippen molar-refractivity contribution >= 4 is 5.97 Å². The van der Waals surface area contributed by atoms with E-state index in [1.807, 2.05) is 12.2 Å². The minimum atomic E-state index is -0.977. The van der Waals surface area contributed by atoms with E-state index in [1.165, 1.54) is 12.2 Å². The number of hydrogen-bond acceptors (Lipinski definition) is 5. The molecule has 4 N–H and O–H groups in total. The van der Waals surface area contributed by atoms with Gasteiger partial charge in [-0.1, -0.05) is 55.5 Å². The first-order valence-electron chi connectivity index (χ1n) is 9.98. The quantitative estimate of drug-likeness (QED) is 0.358. The van der Waals surface area contributed by atoms with Crippen LogP contribution in [0.5, 0.6) is 0 Å². The first-order valence-corrected chi connectivity index (χ1v) is 9.98. The fourth-order valence-electron chi connectivity index (χ4n) is 2.87. The Balaban J connectivity index is 2.32. The van der Waals surface area contributed by atoms with Crippen molar-refractivity contribution in [2.45, 2.75) is 82.4 Å². The van der Waals surface area contributed by atoms with Crippen molar-refractivity contribution in [2.24, 2.45) is 0 Å². The molecule has 1 rings (SSSR count). The molecule has 1 aliphatic heterocycles. The van der Waals surface area contributed by atoms with Crippen molar-refractivity contribution in [1.82, 2.24) is 0 Å². The molecule has 0 amide bonds. The highest BCUT2D eigenvalue weighted by molar-refractivity contribution is 5.66. The first-order chi connectivity index (χ1) is 13.4.